The Hall–Kier alpha value is -3.54. The summed E-state index contributed by atoms with van der Waals surface area (Å²) in [5.74, 6) is 1.78. The van der Waals surface area contributed by atoms with E-state index >= 15 is 0 Å². The fraction of sp³-hybridized carbons (Fsp3) is 0.217. The van der Waals surface area contributed by atoms with Crippen molar-refractivity contribution in [3.63, 3.8) is 0 Å². The van der Waals surface area contributed by atoms with E-state index in [1.54, 1.807) is 13.3 Å². The Balaban J connectivity index is 1.40. The molecule has 1 N–H and O–H groups in total. The molecule has 6 heteroatoms. The third-order valence-corrected chi connectivity index (χ3v) is 4.98. The molecule has 0 aliphatic heterocycles. The van der Waals surface area contributed by atoms with Crippen LogP contribution < -0.4 is 10.1 Å². The molecule has 2 aromatic carbocycles. The smallest absolute Gasteiger partial charge is 0.287 e. The number of imidazole rings is 1. The SMILES string of the molecule is COc1ccc2oc(C(=O)NCCc3nccn3Cc3ccccc3)c(C)c2c1. The van der Waals surface area contributed by atoms with E-state index < -0.39 is 0 Å². The Morgan fingerprint density at radius 3 is 2.83 bits per heavy atom. The molecule has 0 aliphatic carbocycles. The quantitative estimate of drug-likeness (QED) is 0.519. The van der Waals surface area contributed by atoms with Crippen LogP contribution in [0.3, 0.4) is 0 Å². The van der Waals surface area contributed by atoms with E-state index in [2.05, 4.69) is 27.0 Å². The van der Waals surface area contributed by atoms with Crippen molar-refractivity contribution in [1.29, 1.82) is 0 Å². The molecule has 0 aliphatic rings. The van der Waals surface area contributed by atoms with E-state index in [1.807, 2.05) is 49.5 Å². The molecule has 0 atom stereocenters. The molecule has 0 fully saturated rings. The second kappa shape index (κ2) is 8.22. The van der Waals surface area contributed by atoms with Gasteiger partial charge in [0, 0.05) is 42.9 Å². The third kappa shape index (κ3) is 4.01. The third-order valence-electron chi connectivity index (χ3n) is 4.98. The van der Waals surface area contributed by atoms with Crippen molar-refractivity contribution < 1.29 is 13.9 Å². The number of nitrogens with one attached hydrogen (secondary N) is 1. The fourth-order valence-electron chi connectivity index (χ4n) is 3.40. The highest BCUT2D eigenvalue weighted by Gasteiger charge is 2.18. The fourth-order valence-corrected chi connectivity index (χ4v) is 3.40. The zero-order chi connectivity index (χ0) is 20.2. The van der Waals surface area contributed by atoms with Crippen molar-refractivity contribution >= 4 is 16.9 Å². The van der Waals surface area contributed by atoms with Gasteiger partial charge >= 0.3 is 0 Å². The molecule has 148 valence electrons. The van der Waals surface area contributed by atoms with E-state index in [1.165, 1.54) is 5.56 Å². The average Bonchev–Trinajstić information content (AvgIpc) is 3.32. The van der Waals surface area contributed by atoms with Crippen LogP contribution in [0.5, 0.6) is 5.75 Å². The number of aryl methyl sites for hydroxylation is 1. The summed E-state index contributed by atoms with van der Waals surface area (Å²) in [6, 6.07) is 15.7. The van der Waals surface area contributed by atoms with Gasteiger partial charge in [0.1, 0.15) is 17.2 Å². The van der Waals surface area contributed by atoms with Gasteiger partial charge in [-0.15, -0.1) is 0 Å². The number of furan rings is 1. The van der Waals surface area contributed by atoms with Crippen LogP contribution in [-0.4, -0.2) is 29.1 Å². The van der Waals surface area contributed by atoms with Gasteiger partial charge in [-0.2, -0.15) is 0 Å². The summed E-state index contributed by atoms with van der Waals surface area (Å²) in [5.41, 5.74) is 2.69. The van der Waals surface area contributed by atoms with Gasteiger partial charge in [-0.1, -0.05) is 30.3 Å². The van der Waals surface area contributed by atoms with Crippen LogP contribution in [0, 0.1) is 6.92 Å². The Morgan fingerprint density at radius 1 is 1.21 bits per heavy atom. The molecule has 0 saturated heterocycles. The van der Waals surface area contributed by atoms with Crippen molar-refractivity contribution in [3.05, 3.63) is 83.6 Å². The number of hydrogen-bond acceptors (Lipinski definition) is 4. The highest BCUT2D eigenvalue weighted by molar-refractivity contribution is 5.99. The first-order valence-corrected chi connectivity index (χ1v) is 9.55. The maximum atomic E-state index is 12.6. The molecule has 4 aromatic rings. The zero-order valence-electron chi connectivity index (χ0n) is 16.5. The number of nitrogens with zero attached hydrogens (tertiary/aromatic N) is 2. The summed E-state index contributed by atoms with van der Waals surface area (Å²) >= 11 is 0. The summed E-state index contributed by atoms with van der Waals surface area (Å²) < 4.78 is 13.1. The predicted molar refractivity (Wildman–Crippen MR) is 111 cm³/mol. The molecule has 2 aromatic heterocycles. The lowest BCUT2D eigenvalue weighted by Crippen LogP contribution is -2.26. The first-order valence-electron chi connectivity index (χ1n) is 9.55. The lowest BCUT2D eigenvalue weighted by molar-refractivity contribution is 0.0927. The van der Waals surface area contributed by atoms with Gasteiger partial charge in [0.25, 0.3) is 5.91 Å². The number of ether oxygens (including phenoxy) is 1. The maximum Gasteiger partial charge on any atom is 0.287 e. The number of fused-ring (bicyclic) bond motifs is 1. The Labute approximate surface area is 169 Å². The second-order valence-electron chi connectivity index (χ2n) is 6.88. The van der Waals surface area contributed by atoms with Gasteiger partial charge in [-0.3, -0.25) is 4.79 Å². The van der Waals surface area contributed by atoms with Crippen LogP contribution in [-0.2, 0) is 13.0 Å². The first kappa shape index (κ1) is 18.8. The standard InChI is InChI=1S/C23H23N3O3/c1-16-19-14-18(28-2)8-9-20(19)29-22(16)23(27)25-11-10-21-24-12-13-26(21)15-17-6-4-3-5-7-17/h3-9,12-14H,10-11,15H2,1-2H3,(H,25,27). The summed E-state index contributed by atoms with van der Waals surface area (Å²) in [7, 11) is 1.62. The number of rotatable bonds is 7. The molecule has 29 heavy (non-hydrogen) atoms. The van der Waals surface area contributed by atoms with Gasteiger partial charge in [0.2, 0.25) is 0 Å². The molecule has 0 spiro atoms. The number of carbonyl (C=O) groups is 1. The van der Waals surface area contributed by atoms with Crippen LogP contribution in [0.4, 0.5) is 0 Å². The molecule has 0 unspecified atom stereocenters. The van der Waals surface area contributed by atoms with E-state index in [4.69, 9.17) is 9.15 Å². The van der Waals surface area contributed by atoms with Gasteiger partial charge in [0.05, 0.1) is 7.11 Å². The topological polar surface area (TPSA) is 69.3 Å². The minimum Gasteiger partial charge on any atom is -0.497 e. The molecule has 2 heterocycles. The van der Waals surface area contributed by atoms with Crippen molar-refractivity contribution in [1.82, 2.24) is 14.9 Å². The summed E-state index contributed by atoms with van der Waals surface area (Å²) in [6.07, 6.45) is 4.39. The van der Waals surface area contributed by atoms with E-state index in [0.717, 1.165) is 29.1 Å². The van der Waals surface area contributed by atoms with Crippen molar-refractivity contribution in [3.8, 4) is 5.75 Å². The Bertz CT molecular complexity index is 1130. The van der Waals surface area contributed by atoms with Crippen molar-refractivity contribution in [2.24, 2.45) is 0 Å². The van der Waals surface area contributed by atoms with Gasteiger partial charge < -0.3 is 19.0 Å². The number of amides is 1. The van der Waals surface area contributed by atoms with Gasteiger partial charge in [0.15, 0.2) is 5.76 Å². The lowest BCUT2D eigenvalue weighted by Gasteiger charge is -2.08. The number of hydrogen-bond donors (Lipinski definition) is 1. The molecule has 4 rings (SSSR count). The highest BCUT2D eigenvalue weighted by Crippen LogP contribution is 2.28. The number of aromatic nitrogens is 2. The second-order valence-corrected chi connectivity index (χ2v) is 6.88. The molecule has 0 saturated carbocycles. The van der Waals surface area contributed by atoms with Crippen LogP contribution in [0.25, 0.3) is 11.0 Å². The van der Waals surface area contributed by atoms with E-state index in [9.17, 15) is 4.79 Å². The largest absolute Gasteiger partial charge is 0.497 e. The average molecular weight is 389 g/mol. The molecule has 0 bridgehead atoms. The van der Waals surface area contributed by atoms with Crippen LogP contribution in [0.2, 0.25) is 0 Å². The predicted octanol–water partition coefficient (Wildman–Crippen LogP) is 3.97. The van der Waals surface area contributed by atoms with Crippen molar-refractivity contribution in [2.75, 3.05) is 13.7 Å². The lowest BCUT2D eigenvalue weighted by atomic mass is 10.1. The monoisotopic (exact) mass is 389 g/mol. The van der Waals surface area contributed by atoms with Crippen LogP contribution in [0.15, 0.2) is 65.3 Å². The van der Waals surface area contributed by atoms with E-state index in [-0.39, 0.29) is 5.91 Å². The van der Waals surface area contributed by atoms with Gasteiger partial charge in [-0.05, 0) is 30.7 Å². The Morgan fingerprint density at radius 2 is 2.03 bits per heavy atom. The molecular formula is C23H23N3O3. The molecular weight excluding hydrogens is 366 g/mol. The number of benzene rings is 2. The highest BCUT2D eigenvalue weighted by atomic mass is 16.5. The molecule has 0 radical (unpaired) electrons. The maximum absolute atomic E-state index is 12.6. The van der Waals surface area contributed by atoms with Gasteiger partial charge in [-0.25, -0.2) is 4.98 Å². The minimum atomic E-state index is -0.223. The summed E-state index contributed by atoms with van der Waals surface area (Å²) in [6.45, 7) is 3.12. The normalized spacial score (nSPS) is 11.0. The van der Waals surface area contributed by atoms with Crippen molar-refractivity contribution in [2.45, 2.75) is 19.9 Å². The first-order chi connectivity index (χ1) is 14.2. The minimum absolute atomic E-state index is 0.223. The summed E-state index contributed by atoms with van der Waals surface area (Å²) in [4.78, 5) is 17.1. The Kier molecular flexibility index (Phi) is 5.33. The zero-order valence-corrected chi connectivity index (χ0v) is 16.5. The van der Waals surface area contributed by atoms with Crippen LogP contribution >= 0.6 is 0 Å². The summed E-state index contributed by atoms with van der Waals surface area (Å²) in [5, 5.41) is 3.82. The number of carbonyl (C=O) groups excluding carboxylic acids is 1. The van der Waals surface area contributed by atoms with E-state index in [0.29, 0.717) is 24.3 Å². The van der Waals surface area contributed by atoms with Crippen LogP contribution in [0.1, 0.15) is 27.5 Å². The number of methoxy groups -OCH3 is 1. The molecule has 6 nitrogen and oxygen atoms in total. The molecule has 1 amide bonds.